The van der Waals surface area contributed by atoms with E-state index in [0.717, 1.165) is 17.6 Å². The number of hydrogen-bond donors (Lipinski definition) is 0. The minimum absolute atomic E-state index is 0.782. The van der Waals surface area contributed by atoms with E-state index in [4.69, 9.17) is 4.74 Å². The van der Waals surface area contributed by atoms with Gasteiger partial charge in [0.15, 0.2) is 0 Å². The SMILES string of the molecule is CCC1CCCC(c2ccc(OC)cc2)C1. The first-order chi connectivity index (χ1) is 7.83. The van der Waals surface area contributed by atoms with E-state index in [1.807, 2.05) is 0 Å². The van der Waals surface area contributed by atoms with Gasteiger partial charge in [0.1, 0.15) is 5.75 Å². The summed E-state index contributed by atoms with van der Waals surface area (Å²) in [6.07, 6.45) is 6.91. The maximum absolute atomic E-state index is 5.20. The zero-order valence-electron chi connectivity index (χ0n) is 10.4. The quantitative estimate of drug-likeness (QED) is 0.731. The lowest BCUT2D eigenvalue weighted by Crippen LogP contribution is -2.13. The van der Waals surface area contributed by atoms with Crippen LogP contribution < -0.4 is 4.74 Å². The monoisotopic (exact) mass is 218 g/mol. The van der Waals surface area contributed by atoms with Gasteiger partial charge in [0.05, 0.1) is 7.11 Å². The number of methoxy groups -OCH3 is 1. The van der Waals surface area contributed by atoms with Gasteiger partial charge >= 0.3 is 0 Å². The first-order valence-electron chi connectivity index (χ1n) is 6.47. The molecule has 0 N–H and O–H groups in total. The second kappa shape index (κ2) is 5.38. The van der Waals surface area contributed by atoms with Gasteiger partial charge in [-0.15, -0.1) is 0 Å². The normalized spacial score (nSPS) is 25.4. The van der Waals surface area contributed by atoms with Crippen molar-refractivity contribution in [3.05, 3.63) is 29.8 Å². The molecular formula is C15H22O. The summed E-state index contributed by atoms with van der Waals surface area (Å²) in [5.41, 5.74) is 1.50. The van der Waals surface area contributed by atoms with Crippen LogP contribution in [0.2, 0.25) is 0 Å². The molecule has 1 fully saturated rings. The summed E-state index contributed by atoms with van der Waals surface area (Å²) in [7, 11) is 1.72. The molecule has 1 aromatic carbocycles. The highest BCUT2D eigenvalue weighted by Gasteiger charge is 2.21. The van der Waals surface area contributed by atoms with Gasteiger partial charge in [0.2, 0.25) is 0 Å². The first-order valence-corrected chi connectivity index (χ1v) is 6.47. The minimum atomic E-state index is 0.782. The molecule has 2 atom stereocenters. The summed E-state index contributed by atoms with van der Waals surface area (Å²) in [6.45, 7) is 2.32. The predicted molar refractivity (Wildman–Crippen MR) is 68.0 cm³/mol. The lowest BCUT2D eigenvalue weighted by molar-refractivity contribution is 0.314. The fraction of sp³-hybridized carbons (Fsp3) is 0.600. The second-order valence-electron chi connectivity index (χ2n) is 4.91. The molecule has 0 heterocycles. The summed E-state index contributed by atoms with van der Waals surface area (Å²) >= 11 is 0. The second-order valence-corrected chi connectivity index (χ2v) is 4.91. The van der Waals surface area contributed by atoms with Gasteiger partial charge in [-0.05, 0) is 42.4 Å². The van der Waals surface area contributed by atoms with E-state index in [2.05, 4.69) is 31.2 Å². The van der Waals surface area contributed by atoms with Gasteiger partial charge in [-0.1, -0.05) is 38.3 Å². The van der Waals surface area contributed by atoms with E-state index >= 15 is 0 Å². The van der Waals surface area contributed by atoms with Gasteiger partial charge in [0.25, 0.3) is 0 Å². The highest BCUT2D eigenvalue weighted by molar-refractivity contribution is 5.29. The highest BCUT2D eigenvalue weighted by atomic mass is 16.5. The largest absolute Gasteiger partial charge is 0.497 e. The molecule has 2 unspecified atom stereocenters. The fourth-order valence-corrected chi connectivity index (χ4v) is 2.84. The van der Waals surface area contributed by atoms with Crippen LogP contribution in [-0.2, 0) is 0 Å². The van der Waals surface area contributed by atoms with Crippen molar-refractivity contribution in [2.45, 2.75) is 44.9 Å². The van der Waals surface area contributed by atoms with Gasteiger partial charge in [-0.25, -0.2) is 0 Å². The molecule has 0 spiro atoms. The average Bonchev–Trinajstić information content (AvgIpc) is 2.39. The summed E-state index contributed by atoms with van der Waals surface area (Å²) < 4.78 is 5.20. The molecule has 1 nitrogen and oxygen atoms in total. The van der Waals surface area contributed by atoms with Crippen LogP contribution in [0.15, 0.2) is 24.3 Å². The number of rotatable bonds is 3. The molecule has 0 aromatic heterocycles. The molecule has 0 radical (unpaired) electrons. The molecule has 2 rings (SSSR count). The van der Waals surface area contributed by atoms with Gasteiger partial charge < -0.3 is 4.74 Å². The number of hydrogen-bond acceptors (Lipinski definition) is 1. The van der Waals surface area contributed by atoms with E-state index in [-0.39, 0.29) is 0 Å². The smallest absolute Gasteiger partial charge is 0.118 e. The molecule has 1 aliphatic carbocycles. The molecule has 1 heteroatoms. The van der Waals surface area contributed by atoms with Crippen molar-refractivity contribution in [2.24, 2.45) is 5.92 Å². The Bertz CT molecular complexity index is 315. The molecule has 0 aliphatic heterocycles. The summed E-state index contributed by atoms with van der Waals surface area (Å²) in [6, 6.07) is 8.65. The van der Waals surface area contributed by atoms with Crippen molar-refractivity contribution in [1.29, 1.82) is 0 Å². The van der Waals surface area contributed by atoms with Crippen LogP contribution in [0.3, 0.4) is 0 Å². The lowest BCUT2D eigenvalue weighted by atomic mass is 9.77. The van der Waals surface area contributed by atoms with Crippen LogP contribution >= 0.6 is 0 Å². The Kier molecular flexibility index (Phi) is 3.87. The highest BCUT2D eigenvalue weighted by Crippen LogP contribution is 2.37. The molecule has 16 heavy (non-hydrogen) atoms. The van der Waals surface area contributed by atoms with Crippen molar-refractivity contribution in [3.63, 3.8) is 0 Å². The third-order valence-corrected chi connectivity index (χ3v) is 3.95. The third-order valence-electron chi connectivity index (χ3n) is 3.95. The van der Waals surface area contributed by atoms with E-state index < -0.39 is 0 Å². The van der Waals surface area contributed by atoms with Crippen LogP contribution in [0.25, 0.3) is 0 Å². The van der Waals surface area contributed by atoms with Gasteiger partial charge in [-0.3, -0.25) is 0 Å². The summed E-state index contributed by atoms with van der Waals surface area (Å²) in [5, 5.41) is 0. The van der Waals surface area contributed by atoms with Crippen molar-refractivity contribution < 1.29 is 4.74 Å². The maximum Gasteiger partial charge on any atom is 0.118 e. The Hall–Kier alpha value is -0.980. The van der Waals surface area contributed by atoms with Crippen molar-refractivity contribution >= 4 is 0 Å². The fourth-order valence-electron chi connectivity index (χ4n) is 2.84. The van der Waals surface area contributed by atoms with Crippen LogP contribution in [0.5, 0.6) is 5.75 Å². The Morgan fingerprint density at radius 3 is 2.56 bits per heavy atom. The Morgan fingerprint density at radius 1 is 1.19 bits per heavy atom. The zero-order chi connectivity index (χ0) is 11.4. The molecule has 1 aromatic rings. The first kappa shape index (κ1) is 11.5. The molecule has 88 valence electrons. The molecule has 0 amide bonds. The standard InChI is InChI=1S/C15H22O/c1-3-12-5-4-6-14(11-12)13-7-9-15(16-2)10-8-13/h7-10,12,14H,3-6,11H2,1-2H3. The van der Waals surface area contributed by atoms with Crippen LogP contribution in [0.1, 0.15) is 50.5 Å². The predicted octanol–water partition coefficient (Wildman–Crippen LogP) is 4.38. The molecule has 0 bridgehead atoms. The van der Waals surface area contributed by atoms with Gasteiger partial charge in [-0.2, -0.15) is 0 Å². The topological polar surface area (TPSA) is 9.23 Å². The van der Waals surface area contributed by atoms with Crippen molar-refractivity contribution in [1.82, 2.24) is 0 Å². The Labute approximate surface area is 98.8 Å². The summed E-state index contributed by atoms with van der Waals surface area (Å²) in [4.78, 5) is 0. The minimum Gasteiger partial charge on any atom is -0.497 e. The van der Waals surface area contributed by atoms with E-state index in [1.165, 1.54) is 37.7 Å². The molecule has 1 aliphatic rings. The van der Waals surface area contributed by atoms with Crippen molar-refractivity contribution in [3.8, 4) is 5.75 Å². The third kappa shape index (κ3) is 2.58. The molecule has 0 saturated heterocycles. The number of benzene rings is 1. The summed E-state index contributed by atoms with van der Waals surface area (Å²) in [5.74, 6) is 2.69. The van der Waals surface area contributed by atoms with E-state index in [0.29, 0.717) is 0 Å². The van der Waals surface area contributed by atoms with Gasteiger partial charge in [0, 0.05) is 0 Å². The lowest BCUT2D eigenvalue weighted by Gasteiger charge is -2.28. The van der Waals surface area contributed by atoms with Crippen LogP contribution in [0, 0.1) is 5.92 Å². The Balaban J connectivity index is 2.05. The van der Waals surface area contributed by atoms with E-state index in [1.54, 1.807) is 7.11 Å². The van der Waals surface area contributed by atoms with Crippen molar-refractivity contribution in [2.75, 3.05) is 7.11 Å². The Morgan fingerprint density at radius 2 is 1.94 bits per heavy atom. The average molecular weight is 218 g/mol. The molecule has 1 saturated carbocycles. The zero-order valence-corrected chi connectivity index (χ0v) is 10.4. The number of ether oxygens (including phenoxy) is 1. The molecular weight excluding hydrogens is 196 g/mol. The van der Waals surface area contributed by atoms with Crippen LogP contribution in [-0.4, -0.2) is 7.11 Å². The maximum atomic E-state index is 5.20. The van der Waals surface area contributed by atoms with Crippen LogP contribution in [0.4, 0.5) is 0 Å². The van der Waals surface area contributed by atoms with E-state index in [9.17, 15) is 0 Å².